The quantitative estimate of drug-likeness (QED) is 0.553. The number of aromatic nitrogens is 2. The van der Waals surface area contributed by atoms with Crippen molar-refractivity contribution >= 4 is 28.8 Å². The van der Waals surface area contributed by atoms with Crippen LogP contribution in [0.3, 0.4) is 0 Å². The lowest BCUT2D eigenvalue weighted by molar-refractivity contribution is -0.134. The molecule has 0 saturated carbocycles. The number of benzene rings is 1. The van der Waals surface area contributed by atoms with Crippen molar-refractivity contribution in [2.24, 2.45) is 0 Å². The van der Waals surface area contributed by atoms with Gasteiger partial charge in [0.05, 0.1) is 23.3 Å². The lowest BCUT2D eigenvalue weighted by Crippen LogP contribution is -2.39. The molecule has 5 nitrogen and oxygen atoms in total. The van der Waals surface area contributed by atoms with E-state index in [9.17, 15) is 4.79 Å². The Balaban J connectivity index is 1.50. The number of oxazole rings is 1. The molecule has 0 unspecified atom stereocenters. The molecule has 152 valence electrons. The van der Waals surface area contributed by atoms with E-state index in [1.165, 1.54) is 0 Å². The Hall–Kier alpha value is -2.18. The van der Waals surface area contributed by atoms with Crippen LogP contribution in [-0.2, 0) is 17.6 Å². The minimum absolute atomic E-state index is 0.106. The second kappa shape index (κ2) is 8.67. The van der Waals surface area contributed by atoms with E-state index in [2.05, 4.69) is 9.97 Å². The molecule has 2 aromatic heterocycles. The standard InChI is InChI=1S/C22H24ClN3O2S/c1-14-20(29-15(2)25-14)12-21(27)26-10-6-5-9-19(26)22-24-13-17(28-22)11-16-7-3-4-8-18(16)23/h3-4,7-8,13,19H,5-6,9-12H2,1-2H3/t19-/m1/s1. The smallest absolute Gasteiger partial charge is 0.228 e. The molecule has 1 aromatic carbocycles. The van der Waals surface area contributed by atoms with Crippen LogP contribution in [-0.4, -0.2) is 27.3 Å². The maximum atomic E-state index is 13.1. The summed E-state index contributed by atoms with van der Waals surface area (Å²) in [6.45, 7) is 4.68. The van der Waals surface area contributed by atoms with Crippen molar-refractivity contribution in [1.29, 1.82) is 0 Å². The molecular weight excluding hydrogens is 406 g/mol. The van der Waals surface area contributed by atoms with Gasteiger partial charge in [0.2, 0.25) is 11.8 Å². The number of hydrogen-bond acceptors (Lipinski definition) is 5. The fraction of sp³-hybridized carbons (Fsp3) is 0.409. The highest BCUT2D eigenvalue weighted by Crippen LogP contribution is 2.32. The zero-order chi connectivity index (χ0) is 20.4. The zero-order valence-corrected chi connectivity index (χ0v) is 18.2. The summed E-state index contributed by atoms with van der Waals surface area (Å²) < 4.78 is 6.07. The van der Waals surface area contributed by atoms with Crippen LogP contribution in [0.1, 0.15) is 58.1 Å². The second-order valence-corrected chi connectivity index (χ2v) is 9.14. The van der Waals surface area contributed by atoms with Gasteiger partial charge in [-0.15, -0.1) is 11.3 Å². The van der Waals surface area contributed by atoms with Crippen LogP contribution in [0.15, 0.2) is 34.9 Å². The van der Waals surface area contributed by atoms with Gasteiger partial charge in [-0.3, -0.25) is 4.79 Å². The first-order valence-corrected chi connectivity index (χ1v) is 11.1. The molecule has 0 radical (unpaired) electrons. The van der Waals surface area contributed by atoms with E-state index in [1.807, 2.05) is 43.0 Å². The fourth-order valence-corrected chi connectivity index (χ4v) is 4.98. The number of piperidine rings is 1. The molecular formula is C22H24ClN3O2S. The Morgan fingerprint density at radius 1 is 1.31 bits per heavy atom. The normalized spacial score (nSPS) is 16.9. The number of amides is 1. The molecule has 0 aliphatic carbocycles. The van der Waals surface area contributed by atoms with E-state index in [0.717, 1.165) is 57.7 Å². The number of nitrogens with zero attached hydrogens (tertiary/aromatic N) is 3. The van der Waals surface area contributed by atoms with Crippen molar-refractivity contribution in [3.63, 3.8) is 0 Å². The first-order valence-electron chi connectivity index (χ1n) is 9.91. The van der Waals surface area contributed by atoms with Crippen LogP contribution in [0.2, 0.25) is 5.02 Å². The molecule has 29 heavy (non-hydrogen) atoms. The molecule has 3 heterocycles. The first kappa shape index (κ1) is 20.1. The molecule has 1 fully saturated rings. The van der Waals surface area contributed by atoms with Crippen molar-refractivity contribution in [2.45, 2.75) is 52.0 Å². The van der Waals surface area contributed by atoms with Crippen LogP contribution < -0.4 is 0 Å². The van der Waals surface area contributed by atoms with Gasteiger partial charge in [-0.2, -0.15) is 0 Å². The number of carbonyl (C=O) groups excluding carboxylic acids is 1. The third kappa shape index (κ3) is 4.54. The van der Waals surface area contributed by atoms with Crippen LogP contribution in [0.5, 0.6) is 0 Å². The summed E-state index contributed by atoms with van der Waals surface area (Å²) in [6, 6.07) is 7.63. The van der Waals surface area contributed by atoms with Crippen molar-refractivity contribution in [2.75, 3.05) is 6.54 Å². The largest absolute Gasteiger partial charge is 0.443 e. The van der Waals surface area contributed by atoms with Gasteiger partial charge in [0.15, 0.2) is 0 Å². The molecule has 0 bridgehead atoms. The number of thiazole rings is 1. The van der Waals surface area contributed by atoms with Gasteiger partial charge >= 0.3 is 0 Å². The molecule has 7 heteroatoms. The van der Waals surface area contributed by atoms with E-state index in [-0.39, 0.29) is 11.9 Å². The first-order chi connectivity index (χ1) is 14.0. The highest BCUT2D eigenvalue weighted by molar-refractivity contribution is 7.11. The molecule has 1 aliphatic rings. The van der Waals surface area contributed by atoms with E-state index in [4.69, 9.17) is 16.0 Å². The maximum absolute atomic E-state index is 13.1. The molecule has 0 N–H and O–H groups in total. The minimum atomic E-state index is -0.106. The molecule has 1 amide bonds. The van der Waals surface area contributed by atoms with E-state index >= 15 is 0 Å². The highest BCUT2D eigenvalue weighted by atomic mass is 35.5. The molecule has 4 rings (SSSR count). The SMILES string of the molecule is Cc1nc(C)c(CC(=O)N2CCCC[C@@H]2c2ncc(Cc3ccccc3Cl)o2)s1. The van der Waals surface area contributed by atoms with E-state index in [1.54, 1.807) is 17.5 Å². The van der Waals surface area contributed by atoms with Gasteiger partial charge in [0.25, 0.3) is 0 Å². The van der Waals surface area contributed by atoms with Gasteiger partial charge in [-0.25, -0.2) is 9.97 Å². The molecule has 3 aromatic rings. The van der Waals surface area contributed by atoms with Crippen LogP contribution in [0.25, 0.3) is 0 Å². The minimum Gasteiger partial charge on any atom is -0.443 e. The Morgan fingerprint density at radius 2 is 2.14 bits per heavy atom. The number of likely N-dealkylation sites (tertiary alicyclic amines) is 1. The predicted molar refractivity (Wildman–Crippen MR) is 114 cm³/mol. The van der Waals surface area contributed by atoms with Crippen molar-refractivity contribution in [1.82, 2.24) is 14.9 Å². The van der Waals surface area contributed by atoms with Gasteiger partial charge in [0, 0.05) is 22.9 Å². The summed E-state index contributed by atoms with van der Waals surface area (Å²) in [5.74, 6) is 1.50. The highest BCUT2D eigenvalue weighted by Gasteiger charge is 2.31. The van der Waals surface area contributed by atoms with Gasteiger partial charge in [0.1, 0.15) is 11.8 Å². The van der Waals surface area contributed by atoms with Crippen molar-refractivity contribution < 1.29 is 9.21 Å². The molecule has 0 spiro atoms. The molecule has 1 saturated heterocycles. The van der Waals surface area contributed by atoms with E-state index < -0.39 is 0 Å². The van der Waals surface area contributed by atoms with Crippen LogP contribution >= 0.6 is 22.9 Å². The summed E-state index contributed by atoms with van der Waals surface area (Å²) >= 11 is 7.87. The predicted octanol–water partition coefficient (Wildman–Crippen LogP) is 5.29. The lowest BCUT2D eigenvalue weighted by Gasteiger charge is -2.33. The molecule has 1 atom stereocenters. The van der Waals surface area contributed by atoms with Gasteiger partial charge in [-0.05, 0) is 44.7 Å². The van der Waals surface area contributed by atoms with Crippen molar-refractivity contribution in [3.8, 4) is 0 Å². The number of aryl methyl sites for hydroxylation is 2. The van der Waals surface area contributed by atoms with E-state index in [0.29, 0.717) is 18.7 Å². The number of carbonyl (C=O) groups is 1. The number of halogens is 1. The Bertz CT molecular complexity index is 1010. The summed E-state index contributed by atoms with van der Waals surface area (Å²) in [6.07, 6.45) is 5.68. The Kier molecular flexibility index (Phi) is 6.01. The maximum Gasteiger partial charge on any atom is 0.228 e. The topological polar surface area (TPSA) is 59.2 Å². The number of hydrogen-bond donors (Lipinski definition) is 0. The summed E-state index contributed by atoms with van der Waals surface area (Å²) in [5, 5.41) is 1.72. The van der Waals surface area contributed by atoms with Crippen molar-refractivity contribution in [3.05, 3.63) is 68.3 Å². The lowest BCUT2D eigenvalue weighted by atomic mass is 10.0. The van der Waals surface area contributed by atoms with Gasteiger partial charge < -0.3 is 9.32 Å². The molecule has 1 aliphatic heterocycles. The monoisotopic (exact) mass is 429 g/mol. The number of rotatable bonds is 5. The zero-order valence-electron chi connectivity index (χ0n) is 16.7. The van der Waals surface area contributed by atoms with Crippen LogP contribution in [0, 0.1) is 13.8 Å². The van der Waals surface area contributed by atoms with Crippen LogP contribution in [0.4, 0.5) is 0 Å². The Labute approximate surface area is 179 Å². The summed E-state index contributed by atoms with van der Waals surface area (Å²) in [4.78, 5) is 25.0. The average molecular weight is 430 g/mol. The van der Waals surface area contributed by atoms with Gasteiger partial charge in [-0.1, -0.05) is 29.8 Å². The third-order valence-corrected chi connectivity index (χ3v) is 6.76. The summed E-state index contributed by atoms with van der Waals surface area (Å²) in [5.41, 5.74) is 1.96. The second-order valence-electron chi connectivity index (χ2n) is 7.45. The average Bonchev–Trinajstić information content (AvgIpc) is 3.29. The summed E-state index contributed by atoms with van der Waals surface area (Å²) in [7, 11) is 0. The third-order valence-electron chi connectivity index (χ3n) is 5.31. The fourth-order valence-electron chi connectivity index (χ4n) is 3.85. The Morgan fingerprint density at radius 3 is 2.90 bits per heavy atom.